The van der Waals surface area contributed by atoms with Gasteiger partial charge in [-0.1, -0.05) is 41.1 Å². The van der Waals surface area contributed by atoms with E-state index < -0.39 is 5.60 Å². The topological polar surface area (TPSA) is 49.5 Å². The van der Waals surface area contributed by atoms with E-state index in [0.717, 1.165) is 36.8 Å². The summed E-state index contributed by atoms with van der Waals surface area (Å²) in [5.41, 5.74) is 7.12. The highest BCUT2D eigenvalue weighted by molar-refractivity contribution is 9.10. The fourth-order valence-electron chi connectivity index (χ4n) is 2.92. The molecule has 4 heteroatoms. The van der Waals surface area contributed by atoms with E-state index in [4.69, 9.17) is 5.73 Å². The fraction of sp³-hybridized carbons (Fsp3) is 0.625. The quantitative estimate of drug-likeness (QED) is 0.885. The zero-order chi connectivity index (χ0) is 14.8. The second-order valence-corrected chi connectivity index (χ2v) is 6.93. The van der Waals surface area contributed by atoms with E-state index >= 15 is 0 Å². The lowest BCUT2D eigenvalue weighted by Gasteiger charge is -2.42. The van der Waals surface area contributed by atoms with Gasteiger partial charge < -0.3 is 10.8 Å². The van der Waals surface area contributed by atoms with Crippen molar-refractivity contribution in [3.05, 3.63) is 34.3 Å². The Morgan fingerprint density at radius 1 is 1.35 bits per heavy atom. The Kier molecular flexibility index (Phi) is 5.24. The van der Waals surface area contributed by atoms with Crippen LogP contribution < -0.4 is 5.73 Å². The Morgan fingerprint density at radius 2 is 1.95 bits per heavy atom. The highest BCUT2D eigenvalue weighted by atomic mass is 79.9. The molecular formula is C16H25BrN2O. The predicted molar refractivity (Wildman–Crippen MR) is 86.6 cm³/mol. The molecule has 0 saturated carbocycles. The van der Waals surface area contributed by atoms with Crippen LogP contribution in [0.15, 0.2) is 28.7 Å². The number of nitrogens with two attached hydrogens (primary N) is 1. The normalized spacial score (nSPS) is 22.4. The van der Waals surface area contributed by atoms with E-state index in [0.29, 0.717) is 0 Å². The minimum atomic E-state index is -0.523. The number of likely N-dealkylation sites (tertiary alicyclic amines) is 1. The van der Waals surface area contributed by atoms with Crippen LogP contribution in [0.2, 0.25) is 0 Å². The molecule has 2 atom stereocenters. The Hall–Kier alpha value is -0.420. The molecule has 112 valence electrons. The standard InChI is InChI=1S/C16H25BrN2O/c1-3-14(18)15(12-6-4-5-7-13(12)17)19-10-8-16(2,20)9-11-19/h4-7,14-15,20H,3,8-11,18H2,1-2H3. The van der Waals surface area contributed by atoms with Crippen molar-refractivity contribution in [2.24, 2.45) is 5.73 Å². The van der Waals surface area contributed by atoms with E-state index in [-0.39, 0.29) is 12.1 Å². The third kappa shape index (κ3) is 3.61. The summed E-state index contributed by atoms with van der Waals surface area (Å²) in [6, 6.07) is 8.64. The first-order chi connectivity index (χ1) is 9.44. The molecule has 1 aliphatic rings. The van der Waals surface area contributed by atoms with Crippen LogP contribution >= 0.6 is 15.9 Å². The molecule has 0 bridgehead atoms. The highest BCUT2D eigenvalue weighted by Crippen LogP contribution is 2.34. The van der Waals surface area contributed by atoms with E-state index in [1.807, 2.05) is 13.0 Å². The zero-order valence-electron chi connectivity index (χ0n) is 12.3. The van der Waals surface area contributed by atoms with E-state index in [1.54, 1.807) is 0 Å². The molecule has 1 aromatic rings. The van der Waals surface area contributed by atoms with Crippen molar-refractivity contribution >= 4 is 15.9 Å². The van der Waals surface area contributed by atoms with E-state index in [9.17, 15) is 5.11 Å². The number of aliphatic hydroxyl groups is 1. The van der Waals surface area contributed by atoms with Crippen molar-refractivity contribution in [3.8, 4) is 0 Å². The van der Waals surface area contributed by atoms with Crippen LogP contribution in [0.5, 0.6) is 0 Å². The summed E-state index contributed by atoms with van der Waals surface area (Å²) >= 11 is 3.65. The summed E-state index contributed by atoms with van der Waals surface area (Å²) in [4.78, 5) is 2.42. The number of rotatable bonds is 4. The Bertz CT molecular complexity index is 440. The molecule has 0 aromatic heterocycles. The third-order valence-corrected chi connectivity index (χ3v) is 5.09. The van der Waals surface area contributed by atoms with Crippen molar-refractivity contribution in [1.29, 1.82) is 0 Å². The lowest BCUT2D eigenvalue weighted by atomic mass is 9.89. The maximum atomic E-state index is 10.1. The summed E-state index contributed by atoms with van der Waals surface area (Å²) in [6.45, 7) is 5.85. The smallest absolute Gasteiger partial charge is 0.0644 e. The lowest BCUT2D eigenvalue weighted by Crippen LogP contribution is -2.48. The van der Waals surface area contributed by atoms with Crippen molar-refractivity contribution in [2.45, 2.75) is 50.8 Å². The van der Waals surface area contributed by atoms with Crippen LogP contribution in [0, 0.1) is 0 Å². The predicted octanol–water partition coefficient (Wildman–Crippen LogP) is 3.07. The number of benzene rings is 1. The van der Waals surface area contributed by atoms with E-state index in [2.05, 4.69) is 46.0 Å². The van der Waals surface area contributed by atoms with Gasteiger partial charge in [-0.15, -0.1) is 0 Å². The van der Waals surface area contributed by atoms with Gasteiger partial charge in [-0.05, 0) is 37.8 Å². The lowest BCUT2D eigenvalue weighted by molar-refractivity contribution is -0.0203. The first kappa shape index (κ1) is 16.0. The molecule has 2 unspecified atom stereocenters. The van der Waals surface area contributed by atoms with Crippen LogP contribution in [0.1, 0.15) is 44.7 Å². The molecule has 1 aliphatic heterocycles. The first-order valence-electron chi connectivity index (χ1n) is 7.41. The van der Waals surface area contributed by atoms with Crippen molar-refractivity contribution < 1.29 is 5.11 Å². The summed E-state index contributed by atoms with van der Waals surface area (Å²) < 4.78 is 1.12. The third-order valence-electron chi connectivity index (χ3n) is 4.37. The number of hydrogen-bond donors (Lipinski definition) is 2. The molecule has 1 fully saturated rings. The Morgan fingerprint density at radius 3 is 2.50 bits per heavy atom. The van der Waals surface area contributed by atoms with Crippen molar-refractivity contribution in [2.75, 3.05) is 13.1 Å². The molecule has 1 saturated heterocycles. The second-order valence-electron chi connectivity index (χ2n) is 6.07. The summed E-state index contributed by atoms with van der Waals surface area (Å²) in [5.74, 6) is 0. The monoisotopic (exact) mass is 340 g/mol. The maximum Gasteiger partial charge on any atom is 0.0644 e. The van der Waals surface area contributed by atoms with Gasteiger partial charge in [0.05, 0.1) is 11.6 Å². The van der Waals surface area contributed by atoms with Crippen molar-refractivity contribution in [3.63, 3.8) is 0 Å². The molecule has 0 radical (unpaired) electrons. The molecule has 0 amide bonds. The summed E-state index contributed by atoms with van der Waals surface area (Å²) in [7, 11) is 0. The maximum absolute atomic E-state index is 10.1. The van der Waals surface area contributed by atoms with Crippen LogP contribution in [-0.4, -0.2) is 34.7 Å². The van der Waals surface area contributed by atoms with Gasteiger partial charge in [0.25, 0.3) is 0 Å². The molecular weight excluding hydrogens is 316 g/mol. The molecule has 1 aromatic carbocycles. The SMILES string of the molecule is CCC(N)C(c1ccccc1Br)N1CCC(C)(O)CC1. The molecule has 3 nitrogen and oxygen atoms in total. The molecule has 0 spiro atoms. The van der Waals surface area contributed by atoms with Gasteiger partial charge in [0.15, 0.2) is 0 Å². The minimum Gasteiger partial charge on any atom is -0.390 e. The van der Waals surface area contributed by atoms with E-state index in [1.165, 1.54) is 5.56 Å². The Balaban J connectivity index is 2.23. The molecule has 0 aliphatic carbocycles. The number of hydrogen-bond acceptors (Lipinski definition) is 3. The average molecular weight is 341 g/mol. The molecule has 20 heavy (non-hydrogen) atoms. The first-order valence-corrected chi connectivity index (χ1v) is 8.20. The van der Waals surface area contributed by atoms with Gasteiger partial charge in [-0.25, -0.2) is 0 Å². The minimum absolute atomic E-state index is 0.108. The average Bonchev–Trinajstić information content (AvgIpc) is 2.42. The van der Waals surface area contributed by atoms with Gasteiger partial charge in [-0.3, -0.25) is 4.90 Å². The number of halogens is 1. The molecule has 2 rings (SSSR count). The van der Waals surface area contributed by atoms with Gasteiger partial charge in [0, 0.05) is 23.6 Å². The van der Waals surface area contributed by atoms with Gasteiger partial charge in [-0.2, -0.15) is 0 Å². The largest absolute Gasteiger partial charge is 0.390 e. The highest BCUT2D eigenvalue weighted by Gasteiger charge is 2.34. The number of nitrogens with zero attached hydrogens (tertiary/aromatic N) is 1. The van der Waals surface area contributed by atoms with Gasteiger partial charge >= 0.3 is 0 Å². The second kappa shape index (κ2) is 6.56. The van der Waals surface area contributed by atoms with Crippen LogP contribution in [0.4, 0.5) is 0 Å². The fourth-order valence-corrected chi connectivity index (χ4v) is 3.44. The van der Waals surface area contributed by atoms with Gasteiger partial charge in [0.1, 0.15) is 0 Å². The summed E-state index contributed by atoms with van der Waals surface area (Å²) in [6.07, 6.45) is 2.56. The molecule has 3 N–H and O–H groups in total. The van der Waals surface area contributed by atoms with Gasteiger partial charge in [0.2, 0.25) is 0 Å². The summed E-state index contributed by atoms with van der Waals surface area (Å²) in [5, 5.41) is 10.1. The zero-order valence-corrected chi connectivity index (χ0v) is 13.9. The van der Waals surface area contributed by atoms with Crippen LogP contribution in [0.25, 0.3) is 0 Å². The number of piperidine rings is 1. The van der Waals surface area contributed by atoms with Crippen molar-refractivity contribution in [1.82, 2.24) is 4.90 Å². The van der Waals surface area contributed by atoms with Crippen LogP contribution in [-0.2, 0) is 0 Å². The van der Waals surface area contributed by atoms with Crippen LogP contribution in [0.3, 0.4) is 0 Å². The Labute approximate surface area is 130 Å². The molecule has 1 heterocycles.